The molecule has 0 aliphatic heterocycles. The van der Waals surface area contributed by atoms with Crippen LogP contribution >= 0.6 is 0 Å². The van der Waals surface area contributed by atoms with Crippen molar-refractivity contribution in [1.29, 1.82) is 0 Å². The number of nitrogens with one attached hydrogen (secondary N) is 4. The van der Waals surface area contributed by atoms with Gasteiger partial charge in [-0.2, -0.15) is 13.2 Å². The van der Waals surface area contributed by atoms with Crippen molar-refractivity contribution in [2.24, 2.45) is 11.5 Å². The Kier molecular flexibility index (Phi) is 15.8. The third kappa shape index (κ3) is 13.2. The maximum Gasteiger partial charge on any atom is 0.416 e. The number of halogens is 3. The molecule has 5 amide bonds. The largest absolute Gasteiger partial charge is 0.469 e. The van der Waals surface area contributed by atoms with Crippen LogP contribution in [0.3, 0.4) is 0 Å². The molecule has 0 spiro atoms. The van der Waals surface area contributed by atoms with Crippen molar-refractivity contribution in [1.82, 2.24) is 21.3 Å². The number of hydrogen-bond donors (Lipinski definition) is 6. The van der Waals surface area contributed by atoms with Gasteiger partial charge in [0.15, 0.2) is 0 Å². The van der Waals surface area contributed by atoms with E-state index in [1.165, 1.54) is 18.4 Å². The van der Waals surface area contributed by atoms with E-state index >= 15 is 0 Å². The highest BCUT2D eigenvalue weighted by atomic mass is 19.4. The number of primary amides is 1. The monoisotopic (exact) mass is 726 g/mol. The van der Waals surface area contributed by atoms with Crippen LogP contribution in [0, 0.1) is 0 Å². The molecule has 2 aromatic carbocycles. The van der Waals surface area contributed by atoms with E-state index in [1.807, 2.05) is 0 Å². The van der Waals surface area contributed by atoms with Gasteiger partial charge in [-0.3, -0.25) is 28.8 Å². The van der Waals surface area contributed by atoms with E-state index in [-0.39, 0.29) is 24.9 Å². The molecular formula is C36H41F3N6O7. The lowest BCUT2D eigenvalue weighted by molar-refractivity contribution is -0.138. The van der Waals surface area contributed by atoms with Crippen LogP contribution in [0.1, 0.15) is 47.3 Å². The number of benzene rings is 2. The van der Waals surface area contributed by atoms with Crippen LogP contribution in [0.15, 0.2) is 83.5 Å². The molecular weight excluding hydrogens is 685 g/mol. The number of nitrogens with two attached hydrogens (primary N) is 2. The molecule has 0 fully saturated rings. The predicted octanol–water partition coefficient (Wildman–Crippen LogP) is 1.77. The maximum absolute atomic E-state index is 13.8. The maximum atomic E-state index is 13.8. The average Bonchev–Trinajstić information content (AvgIpc) is 3.62. The highest BCUT2D eigenvalue weighted by Crippen LogP contribution is 2.32. The molecule has 0 aliphatic rings. The SMILES string of the molecule is NCCCC[C@H](NC(=O)Cc1ccccc1CNC(=O)[C@H](Cc1ccco1)NC(=O)[C@@H](Cc1ccccc1C(F)(F)F)NC(=O)/C=C/C=O)C(N)=O. The first-order valence-corrected chi connectivity index (χ1v) is 16.4. The molecule has 0 unspecified atom stereocenters. The highest BCUT2D eigenvalue weighted by Gasteiger charge is 2.35. The molecule has 278 valence electrons. The molecule has 13 nitrogen and oxygen atoms in total. The van der Waals surface area contributed by atoms with Crippen molar-refractivity contribution in [3.63, 3.8) is 0 Å². The van der Waals surface area contributed by atoms with Gasteiger partial charge in [0.2, 0.25) is 29.5 Å². The summed E-state index contributed by atoms with van der Waals surface area (Å²) in [7, 11) is 0. The van der Waals surface area contributed by atoms with Gasteiger partial charge in [-0.25, -0.2) is 0 Å². The molecule has 0 radical (unpaired) electrons. The summed E-state index contributed by atoms with van der Waals surface area (Å²) in [5.41, 5.74) is 10.7. The number of rotatable bonds is 20. The molecule has 1 aromatic heterocycles. The minimum absolute atomic E-state index is 0.0990. The lowest BCUT2D eigenvalue weighted by Gasteiger charge is -2.24. The average molecular weight is 727 g/mol. The van der Waals surface area contributed by atoms with Crippen molar-refractivity contribution < 1.29 is 46.4 Å². The fourth-order valence-electron chi connectivity index (χ4n) is 5.27. The van der Waals surface area contributed by atoms with Gasteiger partial charge in [-0.1, -0.05) is 42.5 Å². The number of carbonyl (C=O) groups is 6. The molecule has 16 heteroatoms. The Morgan fingerprint density at radius 2 is 1.46 bits per heavy atom. The first kappa shape index (κ1) is 40.7. The van der Waals surface area contributed by atoms with Crippen molar-refractivity contribution in [2.45, 2.75) is 69.4 Å². The number of alkyl halides is 3. The zero-order chi connectivity index (χ0) is 38.1. The van der Waals surface area contributed by atoms with E-state index in [4.69, 9.17) is 15.9 Å². The van der Waals surface area contributed by atoms with Crippen molar-refractivity contribution in [3.8, 4) is 0 Å². The van der Waals surface area contributed by atoms with E-state index in [1.54, 1.807) is 36.4 Å². The first-order valence-electron chi connectivity index (χ1n) is 16.4. The second kappa shape index (κ2) is 20.2. The zero-order valence-electron chi connectivity index (χ0n) is 28.1. The number of hydrogen-bond acceptors (Lipinski definition) is 8. The summed E-state index contributed by atoms with van der Waals surface area (Å²) in [6.45, 7) is 0.330. The predicted molar refractivity (Wildman–Crippen MR) is 183 cm³/mol. The summed E-state index contributed by atoms with van der Waals surface area (Å²) in [6.07, 6.45) is -0.773. The van der Waals surface area contributed by atoms with E-state index in [0.717, 1.165) is 24.3 Å². The summed E-state index contributed by atoms with van der Waals surface area (Å²) >= 11 is 0. The molecule has 0 saturated carbocycles. The van der Waals surface area contributed by atoms with Gasteiger partial charge in [0.05, 0.1) is 18.2 Å². The number of furan rings is 1. The van der Waals surface area contributed by atoms with Crippen LogP contribution in [-0.4, -0.2) is 60.5 Å². The Morgan fingerprint density at radius 1 is 0.788 bits per heavy atom. The molecule has 3 atom stereocenters. The van der Waals surface area contributed by atoms with Crippen LogP contribution < -0.4 is 32.7 Å². The molecule has 3 rings (SSSR count). The number of carbonyl (C=O) groups excluding carboxylic acids is 6. The van der Waals surface area contributed by atoms with Crippen molar-refractivity contribution in [2.75, 3.05) is 6.54 Å². The fourth-order valence-corrected chi connectivity index (χ4v) is 5.27. The molecule has 8 N–H and O–H groups in total. The second-order valence-corrected chi connectivity index (χ2v) is 11.7. The van der Waals surface area contributed by atoms with Gasteiger partial charge in [0, 0.05) is 25.5 Å². The van der Waals surface area contributed by atoms with Gasteiger partial charge in [0.1, 0.15) is 30.2 Å². The van der Waals surface area contributed by atoms with Crippen molar-refractivity contribution in [3.05, 3.63) is 107 Å². The number of amides is 5. The van der Waals surface area contributed by atoms with Crippen LogP contribution in [0.25, 0.3) is 0 Å². The Labute approximate surface area is 297 Å². The van der Waals surface area contributed by atoms with E-state index in [0.29, 0.717) is 49.0 Å². The van der Waals surface area contributed by atoms with Crippen LogP contribution in [0.2, 0.25) is 0 Å². The molecule has 0 saturated heterocycles. The minimum Gasteiger partial charge on any atom is -0.469 e. The topological polar surface area (TPSA) is 216 Å². The summed E-state index contributed by atoms with van der Waals surface area (Å²) in [5.74, 6) is -3.48. The van der Waals surface area contributed by atoms with Crippen molar-refractivity contribution >= 4 is 35.8 Å². The third-order valence-electron chi connectivity index (χ3n) is 7.87. The summed E-state index contributed by atoms with van der Waals surface area (Å²) in [5, 5.41) is 10.2. The standard InChI is InChI=1S/C36H41F3N6O7/c37-36(38,39)27-13-4-3-10-24(27)19-29(44-31(47)15-7-17-46)35(51)45-30(21-26-12-8-18-52-26)34(50)42-22-25-11-2-1-9-23(25)20-32(48)43-28(33(41)49)14-5-6-16-40/h1-4,7-13,15,17-18,28-30H,5-6,14,16,19-22,40H2,(H2,41,49)(H,42,50)(H,43,48)(H,44,47)(H,45,51)/b15-7+/t28-,29+,30-/m0/s1. The van der Waals surface area contributed by atoms with E-state index < -0.39 is 65.8 Å². The lowest BCUT2D eigenvalue weighted by Crippen LogP contribution is -2.55. The molecule has 0 aliphatic carbocycles. The summed E-state index contributed by atoms with van der Waals surface area (Å²) in [6, 6.07) is 10.6. The van der Waals surface area contributed by atoms with Gasteiger partial charge < -0.3 is 37.2 Å². The van der Waals surface area contributed by atoms with E-state index in [2.05, 4.69) is 21.3 Å². The number of allylic oxidation sites excluding steroid dienone is 1. The van der Waals surface area contributed by atoms with Crippen LogP contribution in [-0.2, 0) is 60.8 Å². The minimum atomic E-state index is -4.76. The summed E-state index contributed by atoms with van der Waals surface area (Å²) in [4.78, 5) is 75.2. The van der Waals surface area contributed by atoms with Gasteiger partial charge in [0.25, 0.3) is 0 Å². The highest BCUT2D eigenvalue weighted by molar-refractivity contribution is 5.96. The molecule has 0 bridgehead atoms. The smallest absolute Gasteiger partial charge is 0.416 e. The van der Waals surface area contributed by atoms with Gasteiger partial charge in [-0.15, -0.1) is 0 Å². The Bertz CT molecular complexity index is 1710. The first-order chi connectivity index (χ1) is 24.8. The Hall–Kier alpha value is -5.77. The number of unbranched alkanes of at least 4 members (excludes halogenated alkanes) is 1. The Balaban J connectivity index is 1.80. The second-order valence-electron chi connectivity index (χ2n) is 11.7. The normalized spacial score (nSPS) is 13.1. The van der Waals surface area contributed by atoms with Crippen LogP contribution in [0.5, 0.6) is 0 Å². The molecule has 52 heavy (non-hydrogen) atoms. The lowest BCUT2D eigenvalue weighted by atomic mass is 9.98. The van der Waals surface area contributed by atoms with E-state index in [9.17, 15) is 41.9 Å². The zero-order valence-corrected chi connectivity index (χ0v) is 28.1. The molecule has 3 aromatic rings. The number of aldehydes is 1. The summed E-state index contributed by atoms with van der Waals surface area (Å²) < 4.78 is 46.7. The quantitative estimate of drug-likeness (QED) is 0.0572. The Morgan fingerprint density at radius 3 is 2.10 bits per heavy atom. The van der Waals surface area contributed by atoms with Crippen LogP contribution in [0.4, 0.5) is 13.2 Å². The fraction of sp³-hybridized carbons (Fsp3) is 0.333. The molecule has 1 heterocycles. The van der Waals surface area contributed by atoms with Gasteiger partial charge >= 0.3 is 6.18 Å². The van der Waals surface area contributed by atoms with Gasteiger partial charge in [-0.05, 0) is 66.8 Å². The third-order valence-corrected chi connectivity index (χ3v) is 7.87.